The van der Waals surface area contributed by atoms with Crippen LogP contribution in [0.15, 0.2) is 34.0 Å². The highest BCUT2D eigenvalue weighted by Crippen LogP contribution is 2.22. The van der Waals surface area contributed by atoms with Crippen molar-refractivity contribution >= 4 is 43.4 Å². The first-order valence-corrected chi connectivity index (χ1v) is 8.79. The van der Waals surface area contributed by atoms with Gasteiger partial charge in [0, 0.05) is 12.2 Å². The summed E-state index contributed by atoms with van der Waals surface area (Å²) in [6.07, 6.45) is 2.86. The molecule has 2 aromatic heterocycles. The summed E-state index contributed by atoms with van der Waals surface area (Å²) in [5, 5.41) is 19.8. The van der Waals surface area contributed by atoms with E-state index in [4.69, 9.17) is 10.2 Å². The van der Waals surface area contributed by atoms with Gasteiger partial charge in [0.25, 0.3) is 10.0 Å². The highest BCUT2D eigenvalue weighted by molar-refractivity contribution is 9.10. The third-order valence-corrected chi connectivity index (χ3v) is 4.09. The molecule has 0 aromatic carbocycles. The summed E-state index contributed by atoms with van der Waals surface area (Å²) in [5.41, 5.74) is 0.501. The van der Waals surface area contributed by atoms with Crippen LogP contribution in [0.3, 0.4) is 0 Å². The second-order valence-electron chi connectivity index (χ2n) is 4.67. The Morgan fingerprint density at radius 3 is 2.65 bits per heavy atom. The van der Waals surface area contributed by atoms with Gasteiger partial charge in [-0.15, -0.1) is 0 Å². The van der Waals surface area contributed by atoms with E-state index in [9.17, 15) is 8.42 Å². The molecule has 0 radical (unpaired) electrons. The second-order valence-corrected chi connectivity index (χ2v) is 7.04. The highest BCUT2D eigenvalue weighted by atomic mass is 79.9. The maximum absolute atomic E-state index is 11.2. The molecule has 0 aliphatic rings. The molecule has 124 valence electrons. The number of sulfonamides is 1. The number of rotatable bonds is 6. The Balaban J connectivity index is 2.18. The molecule has 0 amide bonds. The van der Waals surface area contributed by atoms with Gasteiger partial charge in [-0.2, -0.15) is 4.98 Å². The van der Waals surface area contributed by atoms with E-state index in [0.29, 0.717) is 16.0 Å². The van der Waals surface area contributed by atoms with Crippen LogP contribution in [0.4, 0.5) is 17.5 Å². The van der Waals surface area contributed by atoms with Crippen molar-refractivity contribution in [2.24, 2.45) is 5.14 Å². The lowest BCUT2D eigenvalue weighted by Gasteiger charge is -2.14. The quantitative estimate of drug-likeness (QED) is 0.555. The third-order valence-electron chi connectivity index (χ3n) is 2.69. The van der Waals surface area contributed by atoms with E-state index in [1.807, 2.05) is 0 Å². The van der Waals surface area contributed by atoms with Crippen molar-refractivity contribution in [3.63, 3.8) is 0 Å². The van der Waals surface area contributed by atoms with Crippen LogP contribution < -0.4 is 15.8 Å². The number of hydrogen-bond acceptors (Lipinski definition) is 8. The number of halogens is 1. The molecule has 23 heavy (non-hydrogen) atoms. The fraction of sp³-hybridized carbons (Fsp3) is 0.250. The zero-order valence-corrected chi connectivity index (χ0v) is 14.5. The van der Waals surface area contributed by atoms with Gasteiger partial charge in [-0.05, 0) is 35.0 Å². The van der Waals surface area contributed by atoms with Gasteiger partial charge in [0.15, 0.2) is 5.03 Å². The smallest absolute Gasteiger partial charge is 0.255 e. The van der Waals surface area contributed by atoms with Crippen molar-refractivity contribution in [3.8, 4) is 0 Å². The summed E-state index contributed by atoms with van der Waals surface area (Å²) in [6.45, 7) is 1.76. The standard InChI is InChI=1S/C12H15BrN6O3S/c1-7(6-20)17-11-9(13)5-16-12(19-11)18-8-2-3-10(15-4-8)23(14,21)22/h2-5,7,20H,6H2,1H3,(H2,14,21,22)(H2,16,17,18,19)/t7-/m1/s1. The number of anilines is 3. The van der Waals surface area contributed by atoms with Gasteiger partial charge in [0.2, 0.25) is 5.95 Å². The molecule has 1 atom stereocenters. The van der Waals surface area contributed by atoms with Gasteiger partial charge in [-0.25, -0.2) is 23.5 Å². The highest BCUT2D eigenvalue weighted by Gasteiger charge is 2.11. The van der Waals surface area contributed by atoms with E-state index in [0.717, 1.165) is 0 Å². The van der Waals surface area contributed by atoms with E-state index in [1.165, 1.54) is 18.3 Å². The molecule has 0 saturated heterocycles. The summed E-state index contributed by atoms with van der Waals surface area (Å²) in [6, 6.07) is 2.61. The lowest BCUT2D eigenvalue weighted by Crippen LogP contribution is -2.20. The van der Waals surface area contributed by atoms with E-state index in [1.54, 1.807) is 13.1 Å². The molecule has 9 nitrogen and oxygen atoms in total. The fourth-order valence-corrected chi connectivity index (χ4v) is 2.32. The summed E-state index contributed by atoms with van der Waals surface area (Å²) < 4.78 is 22.9. The Labute approximate surface area is 141 Å². The molecule has 0 saturated carbocycles. The van der Waals surface area contributed by atoms with Crippen molar-refractivity contribution in [2.45, 2.75) is 18.0 Å². The number of nitrogens with two attached hydrogens (primary N) is 1. The number of nitrogens with zero attached hydrogens (tertiary/aromatic N) is 3. The van der Waals surface area contributed by atoms with Crippen LogP contribution >= 0.6 is 15.9 Å². The van der Waals surface area contributed by atoms with Crippen LogP contribution in [0.2, 0.25) is 0 Å². The largest absolute Gasteiger partial charge is 0.394 e. The molecular weight excluding hydrogens is 388 g/mol. The molecule has 0 fully saturated rings. The topological polar surface area (TPSA) is 143 Å². The summed E-state index contributed by atoms with van der Waals surface area (Å²) >= 11 is 3.32. The number of nitrogens with one attached hydrogen (secondary N) is 2. The van der Waals surface area contributed by atoms with Crippen LogP contribution in [0, 0.1) is 0 Å². The van der Waals surface area contributed by atoms with Crippen LogP contribution in [0.25, 0.3) is 0 Å². The van der Waals surface area contributed by atoms with Gasteiger partial charge in [0.05, 0.1) is 23.0 Å². The lowest BCUT2D eigenvalue weighted by atomic mass is 10.3. The first-order valence-electron chi connectivity index (χ1n) is 6.45. The summed E-state index contributed by atoms with van der Waals surface area (Å²) in [5.74, 6) is 0.796. The minimum absolute atomic E-state index is 0.0435. The minimum Gasteiger partial charge on any atom is -0.394 e. The molecule has 0 aliphatic heterocycles. The van der Waals surface area contributed by atoms with Gasteiger partial charge in [-0.1, -0.05) is 0 Å². The van der Waals surface area contributed by atoms with Crippen LogP contribution in [-0.2, 0) is 10.0 Å². The van der Waals surface area contributed by atoms with Crippen molar-refractivity contribution in [2.75, 3.05) is 17.2 Å². The van der Waals surface area contributed by atoms with E-state index in [2.05, 4.69) is 41.5 Å². The number of primary sulfonamides is 1. The molecular formula is C12H15BrN6O3S. The van der Waals surface area contributed by atoms with Crippen molar-refractivity contribution < 1.29 is 13.5 Å². The Hall–Kier alpha value is -1.82. The van der Waals surface area contributed by atoms with E-state index >= 15 is 0 Å². The molecule has 0 spiro atoms. The number of aromatic nitrogens is 3. The first-order chi connectivity index (χ1) is 10.8. The number of pyridine rings is 1. The summed E-state index contributed by atoms with van der Waals surface area (Å²) in [7, 11) is -3.83. The Bertz CT molecular complexity index is 784. The molecule has 2 heterocycles. The van der Waals surface area contributed by atoms with Gasteiger partial charge in [-0.3, -0.25) is 0 Å². The molecule has 5 N–H and O–H groups in total. The van der Waals surface area contributed by atoms with Crippen molar-refractivity contribution in [1.82, 2.24) is 15.0 Å². The van der Waals surface area contributed by atoms with E-state index in [-0.39, 0.29) is 23.6 Å². The van der Waals surface area contributed by atoms with Crippen molar-refractivity contribution in [3.05, 3.63) is 29.0 Å². The van der Waals surface area contributed by atoms with Gasteiger partial charge >= 0.3 is 0 Å². The number of aliphatic hydroxyl groups is 1. The fourth-order valence-electron chi connectivity index (χ4n) is 1.56. The third kappa shape index (κ3) is 4.82. The minimum atomic E-state index is -3.83. The first kappa shape index (κ1) is 17.5. The van der Waals surface area contributed by atoms with Crippen LogP contribution in [0.5, 0.6) is 0 Å². The van der Waals surface area contributed by atoms with Crippen LogP contribution in [0.1, 0.15) is 6.92 Å². The molecule has 2 aromatic rings. The van der Waals surface area contributed by atoms with E-state index < -0.39 is 10.0 Å². The average molecular weight is 403 g/mol. The van der Waals surface area contributed by atoms with Crippen molar-refractivity contribution in [1.29, 1.82) is 0 Å². The Morgan fingerprint density at radius 1 is 1.35 bits per heavy atom. The average Bonchev–Trinajstić information content (AvgIpc) is 2.50. The predicted octanol–water partition coefficient (Wildman–Crippen LogP) is 0.818. The predicted molar refractivity (Wildman–Crippen MR) is 88.8 cm³/mol. The number of hydrogen-bond donors (Lipinski definition) is 4. The maximum atomic E-state index is 11.2. The normalized spacial score (nSPS) is 12.7. The second kappa shape index (κ2) is 7.17. The number of aliphatic hydroxyl groups excluding tert-OH is 1. The Kier molecular flexibility index (Phi) is 5.46. The Morgan fingerprint density at radius 2 is 2.09 bits per heavy atom. The SMILES string of the molecule is C[C@H](CO)Nc1nc(Nc2ccc(S(N)(=O)=O)nc2)ncc1Br. The maximum Gasteiger partial charge on any atom is 0.255 e. The molecule has 11 heteroatoms. The lowest BCUT2D eigenvalue weighted by molar-refractivity contribution is 0.281. The molecule has 0 aliphatic carbocycles. The zero-order chi connectivity index (χ0) is 17.0. The van der Waals surface area contributed by atoms with Gasteiger partial charge < -0.3 is 15.7 Å². The monoisotopic (exact) mass is 402 g/mol. The van der Waals surface area contributed by atoms with Gasteiger partial charge in [0.1, 0.15) is 5.82 Å². The summed E-state index contributed by atoms with van der Waals surface area (Å²) in [4.78, 5) is 12.1. The molecule has 0 unspecified atom stereocenters. The van der Waals surface area contributed by atoms with Crippen LogP contribution in [-0.4, -0.2) is 41.1 Å². The zero-order valence-electron chi connectivity index (χ0n) is 12.1. The molecule has 2 rings (SSSR count). The molecule has 0 bridgehead atoms.